The van der Waals surface area contributed by atoms with Gasteiger partial charge in [0.2, 0.25) is 5.91 Å². The second-order valence-electron chi connectivity index (χ2n) is 9.99. The Hall–Kier alpha value is -2.67. The zero-order valence-corrected chi connectivity index (χ0v) is 20.4. The Morgan fingerprint density at radius 2 is 1.89 bits per heavy atom. The summed E-state index contributed by atoms with van der Waals surface area (Å²) in [5, 5.41) is 17.4. The first kappa shape index (κ1) is 25.4. The molecule has 2 heterocycles. The Morgan fingerprint density at radius 3 is 2.60 bits per heavy atom. The summed E-state index contributed by atoms with van der Waals surface area (Å²) in [6.45, 7) is 3.92. The van der Waals surface area contributed by atoms with Crippen LogP contribution in [0, 0.1) is 17.2 Å². The van der Waals surface area contributed by atoms with Crippen LogP contribution in [0.25, 0.3) is 0 Å². The number of nitrogens with one attached hydrogen (secondary N) is 2. The van der Waals surface area contributed by atoms with Crippen molar-refractivity contribution in [2.45, 2.75) is 63.1 Å². The van der Waals surface area contributed by atoms with Crippen molar-refractivity contribution < 1.29 is 19.2 Å². The molecule has 2 N–H and O–H groups in total. The molecule has 190 valence electrons. The van der Waals surface area contributed by atoms with Gasteiger partial charge in [-0.2, -0.15) is 5.26 Å². The van der Waals surface area contributed by atoms with Crippen molar-refractivity contribution in [3.8, 4) is 6.07 Å². The van der Waals surface area contributed by atoms with E-state index in [9.17, 15) is 14.9 Å². The van der Waals surface area contributed by atoms with Crippen molar-refractivity contribution in [1.82, 2.24) is 20.6 Å². The van der Waals surface area contributed by atoms with E-state index >= 15 is 0 Å². The number of ether oxygens (including phenoxy) is 1. The molecule has 2 saturated heterocycles. The van der Waals surface area contributed by atoms with E-state index in [4.69, 9.17) is 9.57 Å². The first-order valence-electron chi connectivity index (χ1n) is 12.9. The summed E-state index contributed by atoms with van der Waals surface area (Å²) < 4.78 is 5.29. The Labute approximate surface area is 207 Å². The lowest BCUT2D eigenvalue weighted by atomic mass is 9.84. The summed E-state index contributed by atoms with van der Waals surface area (Å²) in [4.78, 5) is 33.7. The number of hydrogen-bond acceptors (Lipinski definition) is 7. The molecular weight excluding hydrogens is 446 g/mol. The van der Waals surface area contributed by atoms with Crippen LogP contribution in [-0.2, 0) is 20.9 Å². The topological polar surface area (TPSA) is 107 Å². The number of likely N-dealkylation sites (tertiary alicyclic amines) is 1. The molecular formula is C26H37N5O4. The highest BCUT2D eigenvalue weighted by Gasteiger charge is 2.41. The standard InChI is InChI=1S/C26H37N5O4/c27-19-26(11-12-30(20-26)18-22-9-5-2-6-10-22)29-24(32)23(17-21-7-3-1-4-8-21)28-25(33)35-31-13-15-34-16-14-31/h2,5-6,9-10,21,23H,1,3-4,7-8,11-18,20H2,(H,28,33)(H,29,32). The normalized spacial score (nSPS) is 24.9. The lowest BCUT2D eigenvalue weighted by Crippen LogP contribution is -2.57. The summed E-state index contributed by atoms with van der Waals surface area (Å²) in [6, 6.07) is 11.7. The molecule has 35 heavy (non-hydrogen) atoms. The van der Waals surface area contributed by atoms with E-state index in [1.54, 1.807) is 5.06 Å². The number of carbonyl (C=O) groups is 2. The lowest BCUT2D eigenvalue weighted by Gasteiger charge is -2.30. The number of morpholine rings is 1. The van der Waals surface area contributed by atoms with Gasteiger partial charge in [-0.1, -0.05) is 62.4 Å². The van der Waals surface area contributed by atoms with Crippen molar-refractivity contribution >= 4 is 12.0 Å². The molecule has 2 aliphatic heterocycles. The van der Waals surface area contributed by atoms with Crippen LogP contribution < -0.4 is 10.6 Å². The minimum atomic E-state index is -0.966. The molecule has 0 radical (unpaired) electrons. The molecule has 9 nitrogen and oxygen atoms in total. The van der Waals surface area contributed by atoms with Crippen LogP contribution in [0.5, 0.6) is 0 Å². The van der Waals surface area contributed by atoms with Gasteiger partial charge in [0.15, 0.2) is 0 Å². The predicted molar refractivity (Wildman–Crippen MR) is 130 cm³/mol. The maximum absolute atomic E-state index is 13.4. The number of hydrogen-bond donors (Lipinski definition) is 2. The van der Waals surface area contributed by atoms with Crippen LogP contribution in [-0.4, -0.2) is 72.9 Å². The first-order chi connectivity index (χ1) is 17.0. The zero-order valence-electron chi connectivity index (χ0n) is 20.4. The monoisotopic (exact) mass is 483 g/mol. The molecule has 1 saturated carbocycles. The van der Waals surface area contributed by atoms with Gasteiger partial charge < -0.3 is 20.2 Å². The van der Waals surface area contributed by atoms with E-state index < -0.39 is 17.7 Å². The van der Waals surface area contributed by atoms with Crippen LogP contribution in [0.15, 0.2) is 30.3 Å². The van der Waals surface area contributed by atoms with Gasteiger partial charge in [-0.25, -0.2) is 4.79 Å². The van der Waals surface area contributed by atoms with E-state index in [1.165, 1.54) is 12.0 Å². The Morgan fingerprint density at radius 1 is 1.14 bits per heavy atom. The SMILES string of the molecule is N#CC1(NC(=O)C(CC2CCCCC2)NC(=O)ON2CCOCC2)CCN(Cc2ccccc2)C1. The molecule has 1 aliphatic carbocycles. The Kier molecular flexibility index (Phi) is 8.96. The average molecular weight is 484 g/mol. The molecule has 3 fully saturated rings. The molecule has 0 aromatic heterocycles. The summed E-state index contributed by atoms with van der Waals surface area (Å²) in [7, 11) is 0. The van der Waals surface area contributed by atoms with Crippen molar-refractivity contribution in [3.05, 3.63) is 35.9 Å². The quantitative estimate of drug-likeness (QED) is 0.585. The summed E-state index contributed by atoms with van der Waals surface area (Å²) in [5.74, 6) is 0.0667. The predicted octanol–water partition coefficient (Wildman–Crippen LogP) is 2.58. The van der Waals surface area contributed by atoms with Crippen LogP contribution in [0.4, 0.5) is 4.79 Å². The molecule has 4 rings (SSSR count). The van der Waals surface area contributed by atoms with Gasteiger partial charge in [0.1, 0.15) is 11.6 Å². The van der Waals surface area contributed by atoms with E-state index in [0.717, 1.165) is 38.8 Å². The first-order valence-corrected chi connectivity index (χ1v) is 12.9. The molecule has 0 bridgehead atoms. The number of rotatable bonds is 8. The van der Waals surface area contributed by atoms with Gasteiger partial charge >= 0.3 is 6.09 Å². The molecule has 0 spiro atoms. The van der Waals surface area contributed by atoms with Gasteiger partial charge in [0.05, 0.1) is 32.4 Å². The van der Waals surface area contributed by atoms with Crippen molar-refractivity contribution in [2.75, 3.05) is 39.4 Å². The largest absolute Gasteiger partial charge is 0.426 e. The number of nitrogens with zero attached hydrogens (tertiary/aromatic N) is 3. The number of hydroxylamine groups is 2. The molecule has 2 unspecified atom stereocenters. The molecule has 2 amide bonds. The van der Waals surface area contributed by atoms with Gasteiger partial charge in [-0.05, 0) is 24.3 Å². The van der Waals surface area contributed by atoms with Crippen molar-refractivity contribution in [3.63, 3.8) is 0 Å². The van der Waals surface area contributed by atoms with Crippen LogP contribution >= 0.6 is 0 Å². The van der Waals surface area contributed by atoms with Gasteiger partial charge in [-0.3, -0.25) is 9.69 Å². The van der Waals surface area contributed by atoms with Crippen molar-refractivity contribution in [1.29, 1.82) is 5.26 Å². The van der Waals surface area contributed by atoms with Gasteiger partial charge in [0, 0.05) is 19.6 Å². The fraction of sp³-hybridized carbons (Fsp3) is 0.654. The molecule has 1 aromatic rings. The highest BCUT2D eigenvalue weighted by Crippen LogP contribution is 2.28. The van der Waals surface area contributed by atoms with Crippen molar-refractivity contribution in [2.24, 2.45) is 5.92 Å². The molecule has 3 aliphatic rings. The highest BCUT2D eigenvalue weighted by atomic mass is 16.7. The molecule has 2 atom stereocenters. The smallest absolute Gasteiger partial charge is 0.379 e. The Balaban J connectivity index is 1.38. The lowest BCUT2D eigenvalue weighted by molar-refractivity contribution is -0.147. The van der Waals surface area contributed by atoms with E-state index in [2.05, 4.69) is 33.7 Å². The zero-order chi connectivity index (χ0) is 24.5. The van der Waals surface area contributed by atoms with Crippen LogP contribution in [0.1, 0.15) is 50.5 Å². The molecule has 9 heteroatoms. The highest BCUT2D eigenvalue weighted by molar-refractivity contribution is 5.86. The third-order valence-corrected chi connectivity index (χ3v) is 7.26. The number of nitriles is 1. The van der Waals surface area contributed by atoms with E-state index in [-0.39, 0.29) is 5.91 Å². The third kappa shape index (κ3) is 7.40. The Bertz CT molecular complexity index is 879. The maximum atomic E-state index is 13.4. The second kappa shape index (κ2) is 12.3. The minimum Gasteiger partial charge on any atom is -0.379 e. The number of benzene rings is 1. The summed E-state index contributed by atoms with van der Waals surface area (Å²) >= 11 is 0. The van der Waals surface area contributed by atoms with E-state index in [1.807, 2.05) is 18.2 Å². The summed E-state index contributed by atoms with van der Waals surface area (Å²) in [5.41, 5.74) is 0.210. The number of carbonyl (C=O) groups excluding carboxylic acids is 2. The summed E-state index contributed by atoms with van der Waals surface area (Å²) in [6.07, 6.45) is 6.09. The van der Waals surface area contributed by atoms with Gasteiger partial charge in [0.25, 0.3) is 0 Å². The van der Waals surface area contributed by atoms with Crippen LogP contribution in [0.2, 0.25) is 0 Å². The average Bonchev–Trinajstić information content (AvgIpc) is 3.28. The molecule has 1 aromatic carbocycles. The minimum absolute atomic E-state index is 0.308. The fourth-order valence-corrected chi connectivity index (χ4v) is 5.32. The van der Waals surface area contributed by atoms with E-state index in [0.29, 0.717) is 51.6 Å². The second-order valence-corrected chi connectivity index (χ2v) is 9.99. The number of amides is 2. The maximum Gasteiger partial charge on any atom is 0.426 e. The van der Waals surface area contributed by atoms with Crippen LogP contribution in [0.3, 0.4) is 0 Å². The third-order valence-electron chi connectivity index (χ3n) is 7.26. The fourth-order valence-electron chi connectivity index (χ4n) is 5.32. The van der Waals surface area contributed by atoms with Gasteiger partial charge in [-0.15, -0.1) is 5.06 Å².